The lowest BCUT2D eigenvalue weighted by Gasteiger charge is -2.35. The van der Waals surface area contributed by atoms with Crippen LogP contribution < -0.4 is 9.80 Å². The van der Waals surface area contributed by atoms with E-state index < -0.39 is 0 Å². The van der Waals surface area contributed by atoms with Crippen molar-refractivity contribution in [2.45, 2.75) is 12.8 Å². The fourth-order valence-electron chi connectivity index (χ4n) is 3.38. The molecule has 25 heavy (non-hydrogen) atoms. The molecule has 2 aliphatic rings. The van der Waals surface area contributed by atoms with Crippen LogP contribution in [-0.4, -0.2) is 75.0 Å². The predicted molar refractivity (Wildman–Crippen MR) is 92.6 cm³/mol. The molecule has 2 aromatic heterocycles. The van der Waals surface area contributed by atoms with Crippen LogP contribution in [0.3, 0.4) is 0 Å². The highest BCUT2D eigenvalue weighted by atomic mass is 16.2. The number of amides is 1. The van der Waals surface area contributed by atoms with E-state index in [0.29, 0.717) is 18.8 Å². The van der Waals surface area contributed by atoms with Crippen molar-refractivity contribution in [3.8, 4) is 0 Å². The third kappa shape index (κ3) is 3.26. The standard InChI is InChI=1S/C16H22N8O/c1-21-11-13(19-20-21)16(25)24-8-6-23(7-9-24)15-10-14(17-12-18-15)22-4-2-3-5-22/h10-12H,2-9H2,1H3. The summed E-state index contributed by atoms with van der Waals surface area (Å²) in [6.07, 6.45) is 5.74. The number of hydrogen-bond acceptors (Lipinski definition) is 7. The summed E-state index contributed by atoms with van der Waals surface area (Å²) in [6.45, 7) is 4.94. The van der Waals surface area contributed by atoms with Crippen LogP contribution in [0.25, 0.3) is 0 Å². The van der Waals surface area contributed by atoms with Crippen LogP contribution >= 0.6 is 0 Å². The van der Waals surface area contributed by atoms with E-state index in [-0.39, 0.29) is 5.91 Å². The van der Waals surface area contributed by atoms with Crippen LogP contribution in [0.5, 0.6) is 0 Å². The second kappa shape index (κ2) is 6.66. The van der Waals surface area contributed by atoms with E-state index in [9.17, 15) is 4.79 Å². The molecule has 9 nitrogen and oxygen atoms in total. The topological polar surface area (TPSA) is 83.3 Å². The molecule has 2 aromatic rings. The van der Waals surface area contributed by atoms with Gasteiger partial charge in [0.25, 0.3) is 5.91 Å². The van der Waals surface area contributed by atoms with E-state index in [4.69, 9.17) is 0 Å². The molecule has 0 atom stereocenters. The van der Waals surface area contributed by atoms with Gasteiger partial charge in [-0.3, -0.25) is 9.48 Å². The SMILES string of the molecule is Cn1cc(C(=O)N2CCN(c3cc(N4CCCC4)ncn3)CC2)nn1. The molecular formula is C16H22N8O. The normalized spacial score (nSPS) is 18.0. The number of anilines is 2. The molecule has 4 heterocycles. The Morgan fingerprint density at radius 3 is 2.20 bits per heavy atom. The molecule has 0 aliphatic carbocycles. The van der Waals surface area contributed by atoms with Gasteiger partial charge in [0.05, 0.1) is 6.20 Å². The van der Waals surface area contributed by atoms with Gasteiger partial charge in [0.1, 0.15) is 18.0 Å². The van der Waals surface area contributed by atoms with E-state index in [1.54, 1.807) is 24.3 Å². The number of rotatable bonds is 3. The largest absolute Gasteiger partial charge is 0.356 e. The zero-order valence-electron chi connectivity index (χ0n) is 14.4. The van der Waals surface area contributed by atoms with Gasteiger partial charge in [-0.25, -0.2) is 9.97 Å². The molecule has 0 spiro atoms. The molecular weight excluding hydrogens is 320 g/mol. The molecule has 0 aromatic carbocycles. The van der Waals surface area contributed by atoms with Gasteiger partial charge < -0.3 is 14.7 Å². The molecule has 0 unspecified atom stereocenters. The summed E-state index contributed by atoms with van der Waals surface area (Å²) in [5.41, 5.74) is 0.398. The number of carbonyl (C=O) groups excluding carboxylic acids is 1. The quantitative estimate of drug-likeness (QED) is 0.786. The van der Waals surface area contributed by atoms with E-state index in [1.165, 1.54) is 12.8 Å². The summed E-state index contributed by atoms with van der Waals surface area (Å²) in [4.78, 5) is 27.6. The fourth-order valence-corrected chi connectivity index (χ4v) is 3.38. The van der Waals surface area contributed by atoms with Crippen LogP contribution in [-0.2, 0) is 7.05 Å². The summed E-state index contributed by atoms with van der Waals surface area (Å²) in [6, 6.07) is 2.06. The fraction of sp³-hybridized carbons (Fsp3) is 0.562. The average Bonchev–Trinajstić information content (AvgIpc) is 3.33. The molecule has 2 fully saturated rings. The molecule has 0 N–H and O–H groups in total. The minimum atomic E-state index is -0.0619. The highest BCUT2D eigenvalue weighted by Crippen LogP contribution is 2.22. The Labute approximate surface area is 146 Å². The molecule has 0 radical (unpaired) electrons. The predicted octanol–water partition coefficient (Wildman–Crippen LogP) is 0.168. The van der Waals surface area contributed by atoms with Gasteiger partial charge in [0.2, 0.25) is 0 Å². The third-order valence-electron chi connectivity index (χ3n) is 4.78. The first kappa shape index (κ1) is 15.8. The van der Waals surface area contributed by atoms with Gasteiger partial charge >= 0.3 is 0 Å². The number of nitrogens with zero attached hydrogens (tertiary/aromatic N) is 8. The van der Waals surface area contributed by atoms with Crippen molar-refractivity contribution in [3.63, 3.8) is 0 Å². The van der Waals surface area contributed by atoms with Gasteiger partial charge in [-0.2, -0.15) is 0 Å². The zero-order valence-corrected chi connectivity index (χ0v) is 14.4. The number of hydrogen-bond donors (Lipinski definition) is 0. The minimum Gasteiger partial charge on any atom is -0.356 e. The first-order valence-electron chi connectivity index (χ1n) is 8.68. The lowest BCUT2D eigenvalue weighted by atomic mass is 10.2. The van der Waals surface area contributed by atoms with Crippen molar-refractivity contribution >= 4 is 17.5 Å². The van der Waals surface area contributed by atoms with Gasteiger partial charge in [0, 0.05) is 52.4 Å². The van der Waals surface area contributed by atoms with Crippen molar-refractivity contribution < 1.29 is 4.79 Å². The van der Waals surface area contributed by atoms with Crippen LogP contribution in [0, 0.1) is 0 Å². The highest BCUT2D eigenvalue weighted by molar-refractivity contribution is 5.92. The molecule has 9 heteroatoms. The first-order chi connectivity index (χ1) is 12.2. The van der Waals surface area contributed by atoms with Crippen LogP contribution in [0.4, 0.5) is 11.6 Å². The van der Waals surface area contributed by atoms with Crippen molar-refractivity contribution in [1.29, 1.82) is 0 Å². The highest BCUT2D eigenvalue weighted by Gasteiger charge is 2.25. The number of aromatic nitrogens is 5. The second-order valence-corrected chi connectivity index (χ2v) is 6.49. The summed E-state index contributed by atoms with van der Waals surface area (Å²) in [5, 5.41) is 7.74. The van der Waals surface area contributed by atoms with Crippen molar-refractivity contribution in [3.05, 3.63) is 24.3 Å². The van der Waals surface area contributed by atoms with Crippen LogP contribution in [0.15, 0.2) is 18.6 Å². The van der Waals surface area contributed by atoms with Crippen molar-refractivity contribution in [2.24, 2.45) is 7.05 Å². The number of piperazine rings is 1. The molecule has 1 amide bonds. The number of aryl methyl sites for hydroxylation is 1. The summed E-state index contributed by atoms with van der Waals surface area (Å²) < 4.78 is 1.55. The lowest BCUT2D eigenvalue weighted by molar-refractivity contribution is 0.0740. The van der Waals surface area contributed by atoms with E-state index in [1.807, 2.05) is 4.90 Å². The van der Waals surface area contributed by atoms with Crippen molar-refractivity contribution in [1.82, 2.24) is 29.9 Å². The Bertz CT molecular complexity index is 746. The number of carbonyl (C=O) groups is 1. The van der Waals surface area contributed by atoms with Gasteiger partial charge in [-0.05, 0) is 12.8 Å². The molecule has 4 rings (SSSR count). The van der Waals surface area contributed by atoms with Crippen LogP contribution in [0.1, 0.15) is 23.3 Å². The Balaban J connectivity index is 1.40. The van der Waals surface area contributed by atoms with Crippen LogP contribution in [0.2, 0.25) is 0 Å². The maximum Gasteiger partial charge on any atom is 0.276 e. The maximum absolute atomic E-state index is 12.4. The first-order valence-corrected chi connectivity index (χ1v) is 8.68. The monoisotopic (exact) mass is 342 g/mol. The van der Waals surface area contributed by atoms with Gasteiger partial charge in [0.15, 0.2) is 5.69 Å². The van der Waals surface area contributed by atoms with Gasteiger partial charge in [-0.15, -0.1) is 5.10 Å². The smallest absolute Gasteiger partial charge is 0.276 e. The Morgan fingerprint density at radius 2 is 1.60 bits per heavy atom. The molecule has 2 aliphatic heterocycles. The average molecular weight is 342 g/mol. The minimum absolute atomic E-state index is 0.0619. The zero-order chi connectivity index (χ0) is 17.2. The Hall–Kier alpha value is -2.71. The molecule has 132 valence electrons. The second-order valence-electron chi connectivity index (χ2n) is 6.49. The summed E-state index contributed by atoms with van der Waals surface area (Å²) >= 11 is 0. The molecule has 0 bridgehead atoms. The third-order valence-corrected chi connectivity index (χ3v) is 4.78. The van der Waals surface area contributed by atoms with E-state index in [0.717, 1.165) is 37.8 Å². The lowest BCUT2D eigenvalue weighted by Crippen LogP contribution is -2.49. The Morgan fingerprint density at radius 1 is 0.960 bits per heavy atom. The Kier molecular flexibility index (Phi) is 4.21. The van der Waals surface area contributed by atoms with Crippen molar-refractivity contribution in [2.75, 3.05) is 49.1 Å². The molecule has 0 saturated carbocycles. The van der Waals surface area contributed by atoms with E-state index >= 15 is 0 Å². The summed E-state index contributed by atoms with van der Waals surface area (Å²) in [5.74, 6) is 1.87. The molecule has 2 saturated heterocycles. The summed E-state index contributed by atoms with van der Waals surface area (Å²) in [7, 11) is 1.76. The maximum atomic E-state index is 12.4. The van der Waals surface area contributed by atoms with E-state index in [2.05, 4.69) is 36.1 Å². The van der Waals surface area contributed by atoms with Gasteiger partial charge in [-0.1, -0.05) is 5.21 Å².